The number of pyridine rings is 1. The molecule has 1 aromatic rings. The zero-order chi connectivity index (χ0) is 10.8. The number of anilines is 1. The SMILES string of the molecule is CCCc1nc(N)cc2c1C(=O)OCC2. The highest BCUT2D eigenvalue weighted by Gasteiger charge is 2.23. The summed E-state index contributed by atoms with van der Waals surface area (Å²) in [4.78, 5) is 15.8. The molecule has 2 N–H and O–H groups in total. The lowest BCUT2D eigenvalue weighted by Gasteiger charge is -2.18. The lowest BCUT2D eigenvalue weighted by atomic mass is 9.99. The molecule has 0 saturated carbocycles. The Bertz CT molecular complexity index is 402. The van der Waals surface area contributed by atoms with E-state index >= 15 is 0 Å². The van der Waals surface area contributed by atoms with Crippen molar-refractivity contribution in [1.82, 2.24) is 4.98 Å². The second-order valence-corrected chi connectivity index (χ2v) is 3.66. The number of aromatic nitrogens is 1. The molecule has 4 nitrogen and oxygen atoms in total. The second-order valence-electron chi connectivity index (χ2n) is 3.66. The van der Waals surface area contributed by atoms with Gasteiger partial charge in [0.05, 0.1) is 17.9 Å². The summed E-state index contributed by atoms with van der Waals surface area (Å²) < 4.78 is 5.01. The van der Waals surface area contributed by atoms with Gasteiger partial charge in [0.1, 0.15) is 5.82 Å². The van der Waals surface area contributed by atoms with E-state index in [0.29, 0.717) is 18.0 Å². The van der Waals surface area contributed by atoms with E-state index in [0.717, 1.165) is 30.5 Å². The molecule has 1 aliphatic rings. The van der Waals surface area contributed by atoms with Crippen molar-refractivity contribution in [3.05, 3.63) is 22.9 Å². The molecule has 1 aliphatic heterocycles. The van der Waals surface area contributed by atoms with Crippen molar-refractivity contribution in [2.75, 3.05) is 12.3 Å². The van der Waals surface area contributed by atoms with Crippen LogP contribution in [0.25, 0.3) is 0 Å². The zero-order valence-electron chi connectivity index (χ0n) is 8.75. The topological polar surface area (TPSA) is 65.2 Å². The molecule has 15 heavy (non-hydrogen) atoms. The maximum Gasteiger partial charge on any atom is 0.340 e. The lowest BCUT2D eigenvalue weighted by molar-refractivity contribution is 0.0478. The summed E-state index contributed by atoms with van der Waals surface area (Å²) in [5.74, 6) is 0.235. The van der Waals surface area contributed by atoms with Crippen molar-refractivity contribution in [2.24, 2.45) is 0 Å². The summed E-state index contributed by atoms with van der Waals surface area (Å²) in [7, 11) is 0. The molecule has 2 heterocycles. The number of ether oxygens (including phenoxy) is 1. The highest BCUT2D eigenvalue weighted by Crippen LogP contribution is 2.22. The molecule has 0 amide bonds. The first-order valence-electron chi connectivity index (χ1n) is 5.17. The first-order valence-corrected chi connectivity index (χ1v) is 5.17. The number of carbonyl (C=O) groups excluding carboxylic acids is 1. The van der Waals surface area contributed by atoms with Crippen LogP contribution in [0.1, 0.15) is 35.0 Å². The van der Waals surface area contributed by atoms with Crippen LogP contribution in [0.2, 0.25) is 0 Å². The molecule has 0 aliphatic carbocycles. The summed E-state index contributed by atoms with van der Waals surface area (Å²) >= 11 is 0. The van der Waals surface area contributed by atoms with E-state index in [-0.39, 0.29) is 5.97 Å². The largest absolute Gasteiger partial charge is 0.462 e. The lowest BCUT2D eigenvalue weighted by Crippen LogP contribution is -2.21. The Morgan fingerprint density at radius 1 is 1.60 bits per heavy atom. The van der Waals surface area contributed by atoms with Gasteiger partial charge in [0.2, 0.25) is 0 Å². The fraction of sp³-hybridized carbons (Fsp3) is 0.455. The third-order valence-corrected chi connectivity index (χ3v) is 2.49. The van der Waals surface area contributed by atoms with Crippen LogP contribution in [0.15, 0.2) is 6.07 Å². The monoisotopic (exact) mass is 206 g/mol. The van der Waals surface area contributed by atoms with Gasteiger partial charge < -0.3 is 10.5 Å². The van der Waals surface area contributed by atoms with Gasteiger partial charge in [0.15, 0.2) is 0 Å². The molecule has 0 spiro atoms. The summed E-state index contributed by atoms with van der Waals surface area (Å²) in [6, 6.07) is 1.77. The van der Waals surface area contributed by atoms with Gasteiger partial charge in [0, 0.05) is 6.42 Å². The van der Waals surface area contributed by atoms with Crippen molar-refractivity contribution in [2.45, 2.75) is 26.2 Å². The standard InChI is InChI=1S/C11H14N2O2/c1-2-3-8-10-7(6-9(12)13-8)4-5-15-11(10)14/h6H,2-5H2,1H3,(H2,12,13). The molecule has 4 heteroatoms. The first kappa shape index (κ1) is 9.96. The van der Waals surface area contributed by atoms with E-state index < -0.39 is 0 Å². The van der Waals surface area contributed by atoms with Crippen molar-refractivity contribution in [3.63, 3.8) is 0 Å². The molecular weight excluding hydrogens is 192 g/mol. The molecule has 0 aromatic carbocycles. The molecule has 2 rings (SSSR count). The van der Waals surface area contributed by atoms with Crippen LogP contribution in [0, 0.1) is 0 Å². The van der Waals surface area contributed by atoms with E-state index in [2.05, 4.69) is 4.98 Å². The minimum atomic E-state index is -0.257. The molecular formula is C11H14N2O2. The van der Waals surface area contributed by atoms with Gasteiger partial charge in [0.25, 0.3) is 0 Å². The van der Waals surface area contributed by atoms with Crippen molar-refractivity contribution in [1.29, 1.82) is 0 Å². The number of cyclic esters (lactones) is 1. The minimum absolute atomic E-state index is 0.257. The van der Waals surface area contributed by atoms with Crippen molar-refractivity contribution < 1.29 is 9.53 Å². The Balaban J connectivity index is 2.53. The van der Waals surface area contributed by atoms with Gasteiger partial charge >= 0.3 is 5.97 Å². The molecule has 0 unspecified atom stereocenters. The van der Waals surface area contributed by atoms with Crippen LogP contribution in [-0.2, 0) is 17.6 Å². The Kier molecular flexibility index (Phi) is 2.58. The van der Waals surface area contributed by atoms with E-state index in [1.165, 1.54) is 0 Å². The number of nitrogen functional groups attached to an aromatic ring is 1. The molecule has 0 saturated heterocycles. The number of nitrogens with two attached hydrogens (primary N) is 1. The summed E-state index contributed by atoms with van der Waals surface area (Å²) in [5, 5.41) is 0. The Labute approximate surface area is 88.4 Å². The molecule has 1 aromatic heterocycles. The average molecular weight is 206 g/mol. The van der Waals surface area contributed by atoms with Crippen LogP contribution in [0.5, 0.6) is 0 Å². The van der Waals surface area contributed by atoms with Crippen LogP contribution >= 0.6 is 0 Å². The van der Waals surface area contributed by atoms with Gasteiger partial charge in [-0.3, -0.25) is 0 Å². The number of aryl methyl sites for hydroxylation is 1. The summed E-state index contributed by atoms with van der Waals surface area (Å²) in [5.41, 5.74) is 8.08. The van der Waals surface area contributed by atoms with E-state index in [4.69, 9.17) is 10.5 Å². The molecule has 0 fully saturated rings. The number of hydrogen-bond acceptors (Lipinski definition) is 4. The zero-order valence-corrected chi connectivity index (χ0v) is 8.75. The number of nitrogens with zero attached hydrogens (tertiary/aromatic N) is 1. The van der Waals surface area contributed by atoms with Crippen molar-refractivity contribution >= 4 is 11.8 Å². The number of rotatable bonds is 2. The maximum absolute atomic E-state index is 11.6. The van der Waals surface area contributed by atoms with Gasteiger partial charge in [-0.1, -0.05) is 13.3 Å². The molecule has 0 bridgehead atoms. The third kappa shape index (κ3) is 1.79. The Morgan fingerprint density at radius 2 is 2.40 bits per heavy atom. The highest BCUT2D eigenvalue weighted by atomic mass is 16.5. The van der Waals surface area contributed by atoms with Gasteiger partial charge in [-0.15, -0.1) is 0 Å². The minimum Gasteiger partial charge on any atom is -0.462 e. The summed E-state index contributed by atoms with van der Waals surface area (Å²) in [6.07, 6.45) is 2.45. The van der Waals surface area contributed by atoms with Crippen LogP contribution in [-0.4, -0.2) is 17.6 Å². The number of hydrogen-bond donors (Lipinski definition) is 1. The summed E-state index contributed by atoms with van der Waals surface area (Å²) in [6.45, 7) is 2.49. The predicted molar refractivity (Wildman–Crippen MR) is 56.6 cm³/mol. The van der Waals surface area contributed by atoms with Gasteiger partial charge in [-0.25, -0.2) is 9.78 Å². The predicted octanol–water partition coefficient (Wildman–Crippen LogP) is 1.33. The quantitative estimate of drug-likeness (QED) is 0.741. The fourth-order valence-electron chi connectivity index (χ4n) is 1.87. The number of carbonyl (C=O) groups is 1. The first-order chi connectivity index (χ1) is 7.22. The van der Waals surface area contributed by atoms with E-state index in [1.54, 1.807) is 6.07 Å². The normalized spacial score (nSPS) is 14.6. The number of esters is 1. The molecule has 0 atom stereocenters. The smallest absolute Gasteiger partial charge is 0.340 e. The fourth-order valence-corrected chi connectivity index (χ4v) is 1.87. The molecule has 80 valence electrons. The highest BCUT2D eigenvalue weighted by molar-refractivity contribution is 5.93. The number of fused-ring (bicyclic) bond motifs is 1. The van der Waals surface area contributed by atoms with Crippen LogP contribution < -0.4 is 5.73 Å². The maximum atomic E-state index is 11.6. The van der Waals surface area contributed by atoms with Crippen LogP contribution in [0.3, 0.4) is 0 Å². The van der Waals surface area contributed by atoms with Gasteiger partial charge in [-0.2, -0.15) is 0 Å². The van der Waals surface area contributed by atoms with Gasteiger partial charge in [-0.05, 0) is 18.1 Å². The van der Waals surface area contributed by atoms with E-state index in [1.807, 2.05) is 6.92 Å². The third-order valence-electron chi connectivity index (χ3n) is 2.49. The Morgan fingerprint density at radius 3 is 3.13 bits per heavy atom. The van der Waals surface area contributed by atoms with Crippen LogP contribution in [0.4, 0.5) is 5.82 Å². The Hall–Kier alpha value is -1.58. The second kappa shape index (κ2) is 3.88. The average Bonchev–Trinajstić information content (AvgIpc) is 2.17. The van der Waals surface area contributed by atoms with Crippen molar-refractivity contribution in [3.8, 4) is 0 Å². The van der Waals surface area contributed by atoms with E-state index in [9.17, 15) is 4.79 Å². The molecule has 0 radical (unpaired) electrons.